The van der Waals surface area contributed by atoms with Crippen LogP contribution in [0.3, 0.4) is 0 Å². The fraction of sp³-hybridized carbons (Fsp3) is 0.286. The van der Waals surface area contributed by atoms with Crippen molar-refractivity contribution in [1.29, 1.82) is 0 Å². The number of nitrogens with one attached hydrogen (secondary N) is 2. The lowest BCUT2D eigenvalue weighted by Crippen LogP contribution is -2.49. The van der Waals surface area contributed by atoms with E-state index in [0.717, 1.165) is 53.9 Å². The first-order chi connectivity index (χ1) is 17.5. The number of benzene rings is 3. The lowest BCUT2D eigenvalue weighted by molar-refractivity contribution is 0.209. The van der Waals surface area contributed by atoms with Gasteiger partial charge in [-0.1, -0.05) is 30.3 Å². The molecule has 184 valence electrons. The number of H-pyrrole nitrogens is 2. The van der Waals surface area contributed by atoms with Gasteiger partial charge in [0.25, 0.3) is 0 Å². The molecule has 0 aliphatic carbocycles. The number of aromatic nitrogens is 4. The zero-order valence-electron chi connectivity index (χ0n) is 20.5. The van der Waals surface area contributed by atoms with E-state index in [1.165, 1.54) is 6.07 Å². The summed E-state index contributed by atoms with van der Waals surface area (Å²) in [5.41, 5.74) is 4.65. The molecule has 1 fully saturated rings. The normalized spacial score (nSPS) is 14.8. The van der Waals surface area contributed by atoms with E-state index in [9.17, 15) is 0 Å². The second-order valence-corrected chi connectivity index (χ2v) is 9.58. The molecule has 1 aliphatic rings. The number of hydrogen-bond acceptors (Lipinski definition) is 5. The third-order valence-corrected chi connectivity index (χ3v) is 6.94. The minimum atomic E-state index is -0.248. The molecule has 6 rings (SSSR count). The summed E-state index contributed by atoms with van der Waals surface area (Å²) in [6.45, 7) is 8.35. The third-order valence-electron chi connectivity index (χ3n) is 6.94. The van der Waals surface area contributed by atoms with E-state index in [-0.39, 0.29) is 5.82 Å². The minimum Gasteiger partial charge on any atom is -0.489 e. The molecule has 0 spiro atoms. The first-order valence-corrected chi connectivity index (χ1v) is 12.4. The van der Waals surface area contributed by atoms with Gasteiger partial charge in [0.05, 0.1) is 22.2 Å². The Hall–Kier alpha value is -3.91. The van der Waals surface area contributed by atoms with Crippen LogP contribution in [0.5, 0.6) is 5.75 Å². The Balaban J connectivity index is 1.28. The quantitative estimate of drug-likeness (QED) is 0.340. The molecule has 36 heavy (non-hydrogen) atoms. The SMILES string of the molecule is CC(C)N1CCN(c2cc3[nH]c(-c4n[nH]c5ccc(OCc6ccccc6)cc45)nc3cc2F)CC1. The Morgan fingerprint density at radius 3 is 2.56 bits per heavy atom. The Bertz CT molecular complexity index is 1500. The van der Waals surface area contributed by atoms with Crippen LogP contribution < -0.4 is 9.64 Å². The number of hydrogen-bond donors (Lipinski definition) is 2. The van der Waals surface area contributed by atoms with Crippen molar-refractivity contribution in [3.05, 3.63) is 72.0 Å². The van der Waals surface area contributed by atoms with Crippen molar-refractivity contribution in [1.82, 2.24) is 25.1 Å². The van der Waals surface area contributed by atoms with E-state index in [2.05, 4.69) is 43.8 Å². The molecular formula is C28H29FN6O. The molecule has 0 radical (unpaired) electrons. The van der Waals surface area contributed by atoms with Gasteiger partial charge in [0.15, 0.2) is 5.82 Å². The van der Waals surface area contributed by atoms with E-state index < -0.39 is 0 Å². The summed E-state index contributed by atoms with van der Waals surface area (Å²) in [6, 6.07) is 19.8. The van der Waals surface area contributed by atoms with Crippen molar-refractivity contribution in [3.63, 3.8) is 0 Å². The summed E-state index contributed by atoms with van der Waals surface area (Å²) in [4.78, 5) is 12.6. The Morgan fingerprint density at radius 1 is 0.972 bits per heavy atom. The first-order valence-electron chi connectivity index (χ1n) is 12.4. The zero-order chi connectivity index (χ0) is 24.6. The molecule has 1 saturated heterocycles. The number of nitrogens with zero attached hydrogens (tertiary/aromatic N) is 4. The molecule has 2 N–H and O–H groups in total. The van der Waals surface area contributed by atoms with Gasteiger partial charge in [-0.05, 0) is 43.7 Å². The maximum atomic E-state index is 15.1. The number of rotatable bonds is 6. The fourth-order valence-electron chi connectivity index (χ4n) is 4.86. The minimum absolute atomic E-state index is 0.248. The molecule has 0 saturated carbocycles. The lowest BCUT2D eigenvalue weighted by atomic mass is 10.2. The standard InChI is InChI=1S/C28H29FN6O/c1-18(2)34-10-12-35(13-11-34)26-16-25-24(15-22(26)29)30-28(31-25)27-21-14-20(8-9-23(21)32-33-27)36-17-19-6-4-3-5-7-19/h3-9,14-16,18H,10-13,17H2,1-2H3,(H,30,31)(H,32,33). The summed E-state index contributed by atoms with van der Waals surface area (Å²) in [5.74, 6) is 1.10. The highest BCUT2D eigenvalue weighted by Gasteiger charge is 2.22. The van der Waals surface area contributed by atoms with Gasteiger partial charge in [0, 0.05) is 43.7 Å². The van der Waals surface area contributed by atoms with E-state index in [0.29, 0.717) is 35.4 Å². The van der Waals surface area contributed by atoms with Crippen LogP contribution >= 0.6 is 0 Å². The highest BCUT2D eigenvalue weighted by molar-refractivity contribution is 5.94. The van der Waals surface area contributed by atoms with Crippen LogP contribution in [-0.4, -0.2) is 57.3 Å². The fourth-order valence-corrected chi connectivity index (χ4v) is 4.86. The maximum absolute atomic E-state index is 15.1. The van der Waals surface area contributed by atoms with Gasteiger partial charge < -0.3 is 14.6 Å². The van der Waals surface area contributed by atoms with Crippen LogP contribution in [0.1, 0.15) is 19.4 Å². The zero-order valence-corrected chi connectivity index (χ0v) is 20.5. The molecule has 3 heterocycles. The topological polar surface area (TPSA) is 73.1 Å². The molecule has 5 aromatic rings. The van der Waals surface area contributed by atoms with E-state index >= 15 is 4.39 Å². The van der Waals surface area contributed by atoms with Crippen LogP contribution in [0, 0.1) is 5.82 Å². The largest absolute Gasteiger partial charge is 0.489 e. The van der Waals surface area contributed by atoms with Crippen molar-refractivity contribution in [3.8, 4) is 17.3 Å². The average molecular weight is 485 g/mol. The average Bonchev–Trinajstić information content (AvgIpc) is 3.50. The summed E-state index contributed by atoms with van der Waals surface area (Å²) >= 11 is 0. The number of fused-ring (bicyclic) bond motifs is 2. The predicted molar refractivity (Wildman–Crippen MR) is 141 cm³/mol. The van der Waals surface area contributed by atoms with E-state index in [4.69, 9.17) is 4.74 Å². The molecule has 3 aromatic carbocycles. The Morgan fingerprint density at radius 2 is 1.78 bits per heavy atom. The smallest absolute Gasteiger partial charge is 0.159 e. The second-order valence-electron chi connectivity index (χ2n) is 9.58. The number of anilines is 1. The van der Waals surface area contributed by atoms with Crippen molar-refractivity contribution >= 4 is 27.6 Å². The van der Waals surface area contributed by atoms with Crippen LogP contribution in [0.4, 0.5) is 10.1 Å². The molecule has 8 heteroatoms. The number of ether oxygens (including phenoxy) is 1. The van der Waals surface area contributed by atoms with Gasteiger partial charge in [-0.2, -0.15) is 5.10 Å². The molecule has 0 amide bonds. The van der Waals surface area contributed by atoms with Gasteiger partial charge in [0.2, 0.25) is 0 Å². The summed E-state index contributed by atoms with van der Waals surface area (Å²) in [6.07, 6.45) is 0. The lowest BCUT2D eigenvalue weighted by Gasteiger charge is -2.38. The van der Waals surface area contributed by atoms with Crippen molar-refractivity contribution in [2.45, 2.75) is 26.5 Å². The van der Waals surface area contributed by atoms with E-state index in [1.807, 2.05) is 54.6 Å². The summed E-state index contributed by atoms with van der Waals surface area (Å²) in [5, 5.41) is 8.46. The molecule has 1 aliphatic heterocycles. The Labute approximate surface area is 208 Å². The highest BCUT2D eigenvalue weighted by atomic mass is 19.1. The summed E-state index contributed by atoms with van der Waals surface area (Å²) < 4.78 is 21.1. The molecule has 0 unspecified atom stereocenters. The molecule has 7 nitrogen and oxygen atoms in total. The summed E-state index contributed by atoms with van der Waals surface area (Å²) in [7, 11) is 0. The monoisotopic (exact) mass is 484 g/mol. The van der Waals surface area contributed by atoms with Crippen molar-refractivity contribution in [2.24, 2.45) is 0 Å². The number of piperazine rings is 1. The van der Waals surface area contributed by atoms with Crippen LogP contribution in [0.15, 0.2) is 60.7 Å². The van der Waals surface area contributed by atoms with Crippen LogP contribution in [0.25, 0.3) is 33.5 Å². The van der Waals surface area contributed by atoms with Crippen molar-refractivity contribution < 1.29 is 9.13 Å². The maximum Gasteiger partial charge on any atom is 0.159 e. The first kappa shape index (κ1) is 22.5. The number of imidazole rings is 1. The second kappa shape index (κ2) is 9.28. The van der Waals surface area contributed by atoms with Gasteiger partial charge in [-0.15, -0.1) is 0 Å². The van der Waals surface area contributed by atoms with E-state index in [1.54, 1.807) is 0 Å². The third kappa shape index (κ3) is 4.28. The van der Waals surface area contributed by atoms with Crippen LogP contribution in [-0.2, 0) is 6.61 Å². The molecule has 0 atom stereocenters. The Kier molecular flexibility index (Phi) is 5.81. The predicted octanol–water partition coefficient (Wildman–Crippen LogP) is 5.35. The molecule has 0 bridgehead atoms. The number of aromatic amines is 2. The van der Waals surface area contributed by atoms with Gasteiger partial charge in [-0.3, -0.25) is 10.00 Å². The van der Waals surface area contributed by atoms with Crippen LogP contribution in [0.2, 0.25) is 0 Å². The van der Waals surface area contributed by atoms with Gasteiger partial charge in [0.1, 0.15) is 23.9 Å². The number of halogens is 1. The van der Waals surface area contributed by atoms with Gasteiger partial charge >= 0.3 is 0 Å². The molecule has 2 aromatic heterocycles. The molecular weight excluding hydrogens is 455 g/mol. The van der Waals surface area contributed by atoms with Gasteiger partial charge in [-0.25, -0.2) is 9.37 Å². The van der Waals surface area contributed by atoms with Crippen molar-refractivity contribution in [2.75, 3.05) is 31.1 Å². The highest BCUT2D eigenvalue weighted by Crippen LogP contribution is 2.32.